The number of carbonyl (C=O) groups excluding carboxylic acids is 1. The number of benzene rings is 1. The molecule has 0 amide bonds. The number of ether oxygens (including phenoxy) is 1. The number of alkyl halides is 15. The fraction of sp³-hybridized carbons (Fsp3) is 0.533. The zero-order valence-electron chi connectivity index (χ0n) is 14.6. The molecule has 0 heterocycles. The fourth-order valence-corrected chi connectivity index (χ4v) is 1.90. The summed E-state index contributed by atoms with van der Waals surface area (Å²) in [6.45, 7) is -3.17. The monoisotopic (exact) mass is 504 g/mol. The lowest BCUT2D eigenvalue weighted by molar-refractivity contribution is -0.453. The number of hydrogen-bond donors (Lipinski definition) is 0. The van der Waals surface area contributed by atoms with E-state index in [9.17, 15) is 70.7 Å². The lowest BCUT2D eigenvalue weighted by atomic mass is 9.91. The van der Waals surface area contributed by atoms with Crippen molar-refractivity contribution in [1.82, 2.24) is 0 Å². The number of rotatable bonds is 8. The third-order valence-corrected chi connectivity index (χ3v) is 3.79. The summed E-state index contributed by atoms with van der Waals surface area (Å²) >= 11 is 0. The van der Waals surface area contributed by atoms with Crippen LogP contribution in [0.4, 0.5) is 65.9 Å². The Morgan fingerprint density at radius 3 is 1.38 bits per heavy atom. The molecule has 1 rings (SSSR count). The van der Waals surface area contributed by atoms with Gasteiger partial charge in [0.05, 0.1) is 5.56 Å². The third-order valence-electron chi connectivity index (χ3n) is 3.79. The van der Waals surface area contributed by atoms with Gasteiger partial charge in [0.25, 0.3) is 0 Å². The van der Waals surface area contributed by atoms with E-state index in [1.54, 1.807) is 0 Å². The summed E-state index contributed by atoms with van der Waals surface area (Å²) in [6, 6.07) is 5.03. The predicted molar refractivity (Wildman–Crippen MR) is 72.5 cm³/mol. The van der Waals surface area contributed by atoms with E-state index in [2.05, 4.69) is 4.74 Å². The first-order valence-electron chi connectivity index (χ1n) is 7.55. The summed E-state index contributed by atoms with van der Waals surface area (Å²) in [5.74, 6) is -49.2. The summed E-state index contributed by atoms with van der Waals surface area (Å²) in [5, 5.41) is 0. The minimum absolute atomic E-state index is 0.653. The molecule has 0 atom stereocenters. The van der Waals surface area contributed by atoms with E-state index in [1.165, 1.54) is 6.07 Å². The van der Waals surface area contributed by atoms with Gasteiger partial charge in [0.2, 0.25) is 0 Å². The number of hydrogen-bond acceptors (Lipinski definition) is 2. The van der Waals surface area contributed by atoms with Gasteiger partial charge in [-0.25, -0.2) is 4.79 Å². The van der Waals surface area contributed by atoms with Gasteiger partial charge < -0.3 is 4.74 Å². The molecule has 1 aromatic rings. The van der Waals surface area contributed by atoms with Crippen molar-refractivity contribution in [1.29, 1.82) is 0 Å². The molecule has 0 aliphatic rings. The van der Waals surface area contributed by atoms with Gasteiger partial charge in [0.15, 0.2) is 6.61 Å². The van der Waals surface area contributed by atoms with Gasteiger partial charge in [0.1, 0.15) is 0 Å². The van der Waals surface area contributed by atoms with Crippen molar-refractivity contribution in [2.45, 2.75) is 41.7 Å². The van der Waals surface area contributed by atoms with Crippen LogP contribution >= 0.6 is 0 Å². The Morgan fingerprint density at radius 2 is 0.969 bits per heavy atom. The molecule has 0 radical (unpaired) electrons. The Bertz CT molecular complexity index is 814. The maximum absolute atomic E-state index is 13.5. The molecule has 0 aromatic heterocycles. The van der Waals surface area contributed by atoms with Gasteiger partial charge >= 0.3 is 47.7 Å². The van der Waals surface area contributed by atoms with Crippen LogP contribution in [0.2, 0.25) is 0 Å². The highest BCUT2D eigenvalue weighted by atomic mass is 19.4. The molecule has 0 saturated heterocycles. The lowest BCUT2D eigenvalue weighted by Gasteiger charge is -2.41. The molecule has 0 aliphatic heterocycles. The van der Waals surface area contributed by atoms with Crippen molar-refractivity contribution < 1.29 is 75.4 Å². The quantitative estimate of drug-likeness (QED) is 0.311. The van der Waals surface area contributed by atoms with Crippen LogP contribution in [0.15, 0.2) is 30.3 Å². The van der Waals surface area contributed by atoms with Crippen molar-refractivity contribution in [3.05, 3.63) is 35.9 Å². The van der Waals surface area contributed by atoms with Crippen molar-refractivity contribution in [3.8, 4) is 0 Å². The van der Waals surface area contributed by atoms with Crippen LogP contribution in [0.3, 0.4) is 0 Å². The molecule has 0 N–H and O–H groups in total. The third kappa shape index (κ3) is 4.04. The van der Waals surface area contributed by atoms with Gasteiger partial charge in [-0.15, -0.1) is 0 Å². The highest BCUT2D eigenvalue weighted by Crippen LogP contribution is 2.62. The van der Waals surface area contributed by atoms with E-state index in [1.807, 2.05) is 0 Å². The molecule has 2 nitrogen and oxygen atoms in total. The van der Waals surface area contributed by atoms with E-state index in [0.29, 0.717) is 0 Å². The fourth-order valence-electron chi connectivity index (χ4n) is 1.90. The molecule has 184 valence electrons. The van der Waals surface area contributed by atoms with E-state index in [-0.39, 0.29) is 0 Å². The van der Waals surface area contributed by atoms with Crippen LogP contribution in [-0.2, 0) is 4.74 Å². The number of carbonyl (C=O) groups is 1. The number of esters is 1. The molecule has 1 aromatic carbocycles. The first kappa shape index (κ1) is 27.7. The van der Waals surface area contributed by atoms with Crippen LogP contribution in [0.25, 0.3) is 0 Å². The minimum atomic E-state index is -8.38. The summed E-state index contributed by atoms with van der Waals surface area (Å²) in [5.41, 5.74) is -0.653. The van der Waals surface area contributed by atoms with Gasteiger partial charge in [-0.05, 0) is 12.1 Å². The standard InChI is InChI=1S/C15H7F15O2/c16-9(17,6-32-8(31)7-4-2-1-3-5-7)10(18,19)11(20,21)12(22,23)13(24,25)14(26,27)15(28,29)30/h1-5H,6H2. The smallest absolute Gasteiger partial charge is 0.455 e. The molecule has 0 unspecified atom stereocenters. The van der Waals surface area contributed by atoms with Gasteiger partial charge in [0, 0.05) is 0 Å². The van der Waals surface area contributed by atoms with Crippen molar-refractivity contribution in [2.24, 2.45) is 0 Å². The van der Waals surface area contributed by atoms with Crippen molar-refractivity contribution in [2.75, 3.05) is 6.61 Å². The summed E-state index contributed by atoms with van der Waals surface area (Å²) < 4.78 is 198. The van der Waals surface area contributed by atoms with Crippen LogP contribution in [0.1, 0.15) is 10.4 Å². The van der Waals surface area contributed by atoms with Crippen molar-refractivity contribution in [3.63, 3.8) is 0 Å². The van der Waals surface area contributed by atoms with Gasteiger partial charge in [-0.2, -0.15) is 65.9 Å². The van der Waals surface area contributed by atoms with E-state index in [4.69, 9.17) is 0 Å². The second-order valence-corrected chi connectivity index (χ2v) is 6.02. The second-order valence-electron chi connectivity index (χ2n) is 6.02. The molecular weight excluding hydrogens is 497 g/mol. The van der Waals surface area contributed by atoms with E-state index in [0.717, 1.165) is 24.3 Å². The summed E-state index contributed by atoms with van der Waals surface area (Å²) in [6.07, 6.45) is -7.67. The number of halogens is 15. The molecule has 0 bridgehead atoms. The molecule has 32 heavy (non-hydrogen) atoms. The summed E-state index contributed by atoms with van der Waals surface area (Å²) in [4.78, 5) is 11.4. The van der Waals surface area contributed by atoms with Crippen molar-refractivity contribution >= 4 is 5.97 Å². The molecular formula is C15H7F15O2. The highest BCUT2D eigenvalue weighted by molar-refractivity contribution is 5.89. The molecule has 0 spiro atoms. The molecule has 0 saturated carbocycles. The highest BCUT2D eigenvalue weighted by Gasteiger charge is 2.93. The topological polar surface area (TPSA) is 26.3 Å². The molecule has 17 heteroatoms. The van der Waals surface area contributed by atoms with Gasteiger partial charge in [-0.1, -0.05) is 18.2 Å². The largest absolute Gasteiger partial charge is 0.460 e. The van der Waals surface area contributed by atoms with E-state index >= 15 is 0 Å². The molecule has 0 aliphatic carbocycles. The Kier molecular flexibility index (Phi) is 6.83. The van der Waals surface area contributed by atoms with Crippen LogP contribution < -0.4 is 0 Å². The van der Waals surface area contributed by atoms with Crippen LogP contribution in [0, 0.1) is 0 Å². The van der Waals surface area contributed by atoms with Crippen LogP contribution in [0.5, 0.6) is 0 Å². The maximum atomic E-state index is 13.5. The Morgan fingerprint density at radius 1 is 0.594 bits per heavy atom. The molecule has 0 fully saturated rings. The Hall–Kier alpha value is -2.36. The Balaban J connectivity index is 3.32. The normalized spacial score (nSPS) is 15.0. The van der Waals surface area contributed by atoms with Gasteiger partial charge in [-0.3, -0.25) is 0 Å². The Labute approximate surface area is 166 Å². The first-order valence-corrected chi connectivity index (χ1v) is 7.55. The average molecular weight is 504 g/mol. The summed E-state index contributed by atoms with van der Waals surface area (Å²) in [7, 11) is 0. The van der Waals surface area contributed by atoms with E-state index < -0.39 is 59.9 Å². The second kappa shape index (κ2) is 7.90. The maximum Gasteiger partial charge on any atom is 0.460 e. The average Bonchev–Trinajstić information content (AvgIpc) is 2.65. The zero-order chi connectivity index (χ0) is 25.6. The predicted octanol–water partition coefficient (Wildman–Crippen LogP) is 6.22. The van der Waals surface area contributed by atoms with Crippen LogP contribution in [-0.4, -0.2) is 54.3 Å². The SMILES string of the molecule is O=C(OCC(F)(F)C(F)(F)C(F)(F)C(F)(F)C(F)(F)C(F)(F)C(F)(F)F)c1ccccc1. The lowest BCUT2D eigenvalue weighted by Crippen LogP contribution is -2.73. The first-order chi connectivity index (χ1) is 14.0. The minimum Gasteiger partial charge on any atom is -0.455 e. The zero-order valence-corrected chi connectivity index (χ0v) is 14.6.